The largest absolute Gasteiger partial charge is 0.439 e. The molecule has 0 spiro atoms. The highest BCUT2D eigenvalue weighted by molar-refractivity contribution is 14.0. The van der Waals surface area contributed by atoms with Crippen molar-refractivity contribution in [2.24, 2.45) is 10.4 Å². The van der Waals surface area contributed by atoms with Crippen LogP contribution in [0.15, 0.2) is 47.6 Å². The molecule has 0 amide bonds. The minimum atomic E-state index is -0.355. The Kier molecular flexibility index (Phi) is 10.4. The molecule has 1 aliphatic rings. The van der Waals surface area contributed by atoms with Gasteiger partial charge < -0.3 is 25.2 Å². The third-order valence-electron chi connectivity index (χ3n) is 5.04. The summed E-state index contributed by atoms with van der Waals surface area (Å²) < 4.78 is 24.4. The van der Waals surface area contributed by atoms with Crippen LogP contribution in [0.4, 0.5) is 4.39 Å². The van der Waals surface area contributed by atoms with Gasteiger partial charge in [0.25, 0.3) is 0 Å². The third kappa shape index (κ3) is 7.89. The molecule has 1 atom stereocenters. The maximum Gasteiger partial charge on any atom is 0.219 e. The van der Waals surface area contributed by atoms with Crippen LogP contribution in [0.2, 0.25) is 0 Å². The minimum absolute atomic E-state index is 0. The fourth-order valence-corrected chi connectivity index (χ4v) is 3.31. The number of ether oxygens (including phenoxy) is 2. The Morgan fingerprint density at radius 2 is 2.19 bits per heavy atom. The van der Waals surface area contributed by atoms with Crippen molar-refractivity contribution >= 4 is 29.9 Å². The zero-order valence-corrected chi connectivity index (χ0v) is 20.0. The maximum absolute atomic E-state index is 13.3. The molecular formula is C22H30FIN4O3. The first kappa shape index (κ1) is 25.3. The lowest BCUT2D eigenvalue weighted by molar-refractivity contribution is 0.127. The van der Waals surface area contributed by atoms with Crippen LogP contribution in [0, 0.1) is 11.2 Å². The number of aliphatic hydroxyl groups is 1. The van der Waals surface area contributed by atoms with Gasteiger partial charge >= 0.3 is 0 Å². The molecule has 3 rings (SSSR count). The molecule has 1 aliphatic heterocycles. The lowest BCUT2D eigenvalue weighted by atomic mass is 9.84. The highest BCUT2D eigenvalue weighted by Gasteiger charge is 2.34. The van der Waals surface area contributed by atoms with Crippen molar-refractivity contribution in [1.82, 2.24) is 15.6 Å². The molecular weight excluding hydrogens is 514 g/mol. The van der Waals surface area contributed by atoms with Gasteiger partial charge in [0.1, 0.15) is 11.6 Å². The molecule has 9 heteroatoms. The van der Waals surface area contributed by atoms with Crippen LogP contribution in [0.25, 0.3) is 0 Å². The summed E-state index contributed by atoms with van der Waals surface area (Å²) in [6.45, 7) is 5.42. The van der Waals surface area contributed by atoms with Crippen LogP contribution < -0.4 is 15.4 Å². The minimum Gasteiger partial charge on any atom is -0.439 e. The lowest BCUT2D eigenvalue weighted by Crippen LogP contribution is -2.44. The van der Waals surface area contributed by atoms with Gasteiger partial charge in [-0.05, 0) is 37.5 Å². The van der Waals surface area contributed by atoms with E-state index in [4.69, 9.17) is 9.47 Å². The number of rotatable bonds is 9. The van der Waals surface area contributed by atoms with Crippen LogP contribution in [-0.2, 0) is 11.3 Å². The van der Waals surface area contributed by atoms with E-state index >= 15 is 0 Å². The fraction of sp³-hybridized carbons (Fsp3) is 0.455. The van der Waals surface area contributed by atoms with Crippen molar-refractivity contribution < 1.29 is 19.0 Å². The molecule has 7 nitrogen and oxygen atoms in total. The van der Waals surface area contributed by atoms with Crippen molar-refractivity contribution in [2.45, 2.75) is 26.3 Å². The molecule has 1 aromatic carbocycles. The predicted molar refractivity (Wildman–Crippen MR) is 129 cm³/mol. The molecule has 1 saturated heterocycles. The summed E-state index contributed by atoms with van der Waals surface area (Å²) in [4.78, 5) is 8.89. The van der Waals surface area contributed by atoms with Gasteiger partial charge in [-0.3, -0.25) is 0 Å². The summed E-state index contributed by atoms with van der Waals surface area (Å²) in [7, 11) is 0. The molecule has 1 fully saturated rings. The van der Waals surface area contributed by atoms with Gasteiger partial charge in [-0.2, -0.15) is 0 Å². The molecule has 0 radical (unpaired) electrons. The Morgan fingerprint density at radius 3 is 2.84 bits per heavy atom. The zero-order valence-electron chi connectivity index (χ0n) is 17.6. The number of halogens is 2. The smallest absolute Gasteiger partial charge is 0.219 e. The predicted octanol–water partition coefficient (Wildman–Crippen LogP) is 3.48. The summed E-state index contributed by atoms with van der Waals surface area (Å²) >= 11 is 0. The average molecular weight is 544 g/mol. The summed E-state index contributed by atoms with van der Waals surface area (Å²) in [5, 5.41) is 16.0. The maximum atomic E-state index is 13.3. The number of pyridine rings is 1. The van der Waals surface area contributed by atoms with Gasteiger partial charge in [-0.25, -0.2) is 14.4 Å². The summed E-state index contributed by atoms with van der Waals surface area (Å²) in [5.41, 5.74) is 0.871. The van der Waals surface area contributed by atoms with Crippen LogP contribution in [0.1, 0.15) is 25.3 Å². The quantitative estimate of drug-likeness (QED) is 0.255. The van der Waals surface area contributed by atoms with Gasteiger partial charge in [-0.1, -0.05) is 12.1 Å². The number of hydrogen-bond acceptors (Lipinski definition) is 5. The van der Waals surface area contributed by atoms with Crippen LogP contribution in [0.5, 0.6) is 11.6 Å². The van der Waals surface area contributed by atoms with Crippen LogP contribution in [0.3, 0.4) is 0 Å². The van der Waals surface area contributed by atoms with E-state index in [-0.39, 0.29) is 41.8 Å². The van der Waals surface area contributed by atoms with Gasteiger partial charge in [0, 0.05) is 50.0 Å². The van der Waals surface area contributed by atoms with Crippen molar-refractivity contribution in [3.63, 3.8) is 0 Å². The van der Waals surface area contributed by atoms with Gasteiger partial charge in [0.15, 0.2) is 5.96 Å². The van der Waals surface area contributed by atoms with E-state index in [0.717, 1.165) is 25.1 Å². The molecule has 31 heavy (non-hydrogen) atoms. The Balaban J connectivity index is 0.00000341. The van der Waals surface area contributed by atoms with Crippen LogP contribution in [-0.4, -0.2) is 49.0 Å². The monoisotopic (exact) mass is 544 g/mol. The second kappa shape index (κ2) is 12.8. The molecule has 0 aliphatic carbocycles. The lowest BCUT2D eigenvalue weighted by Gasteiger charge is -2.27. The number of guanidine groups is 1. The first-order valence-electron chi connectivity index (χ1n) is 10.2. The Morgan fingerprint density at radius 1 is 1.32 bits per heavy atom. The van der Waals surface area contributed by atoms with Gasteiger partial charge in [-0.15, -0.1) is 24.0 Å². The van der Waals surface area contributed by atoms with Gasteiger partial charge in [0.2, 0.25) is 5.88 Å². The number of aliphatic hydroxyl groups excluding tert-OH is 1. The molecule has 1 aromatic heterocycles. The number of benzene rings is 1. The standard InChI is InChI=1S/C22H29FN4O3.HI/c1-2-24-21(27-15-22(8-10-28)9-11-29-16-22)26-14-17-6-7-20(25-13-17)30-19-5-3-4-18(23)12-19;/h3-7,12-13,28H,2,8-11,14-16H2,1H3,(H2,24,26,27);1H. The third-order valence-corrected chi connectivity index (χ3v) is 5.04. The SMILES string of the molecule is CCNC(=NCc1ccc(Oc2cccc(F)c2)nc1)NCC1(CCO)CCOC1.I. The number of nitrogens with one attached hydrogen (secondary N) is 2. The van der Waals surface area contributed by atoms with E-state index < -0.39 is 0 Å². The Labute approximate surface area is 199 Å². The molecule has 170 valence electrons. The number of aliphatic imine (C=N–C) groups is 1. The highest BCUT2D eigenvalue weighted by atomic mass is 127. The molecule has 2 aromatic rings. The van der Waals surface area contributed by atoms with E-state index in [2.05, 4.69) is 20.6 Å². The van der Waals surface area contributed by atoms with Gasteiger partial charge in [0.05, 0.1) is 13.2 Å². The summed E-state index contributed by atoms with van der Waals surface area (Å²) in [6, 6.07) is 9.56. The van der Waals surface area contributed by atoms with E-state index in [9.17, 15) is 9.50 Å². The normalized spacial score (nSPS) is 18.4. The number of aromatic nitrogens is 1. The van der Waals surface area contributed by atoms with E-state index in [1.54, 1.807) is 24.4 Å². The van der Waals surface area contributed by atoms with Crippen molar-refractivity contribution in [3.8, 4) is 11.6 Å². The molecule has 1 unspecified atom stereocenters. The second-order valence-electron chi connectivity index (χ2n) is 7.39. The second-order valence-corrected chi connectivity index (χ2v) is 7.39. The van der Waals surface area contributed by atoms with E-state index in [0.29, 0.717) is 43.7 Å². The summed E-state index contributed by atoms with van der Waals surface area (Å²) in [6.07, 6.45) is 3.33. The van der Waals surface area contributed by atoms with E-state index in [1.807, 2.05) is 13.0 Å². The first-order chi connectivity index (χ1) is 14.6. The zero-order chi connectivity index (χ0) is 21.2. The van der Waals surface area contributed by atoms with Crippen molar-refractivity contribution in [2.75, 3.05) is 32.9 Å². The van der Waals surface area contributed by atoms with E-state index in [1.165, 1.54) is 12.1 Å². The fourth-order valence-electron chi connectivity index (χ4n) is 3.31. The highest BCUT2D eigenvalue weighted by Crippen LogP contribution is 2.31. The molecule has 3 N–H and O–H groups in total. The Hall–Kier alpha value is -1.98. The van der Waals surface area contributed by atoms with Crippen molar-refractivity contribution in [1.29, 1.82) is 0 Å². The molecule has 0 saturated carbocycles. The average Bonchev–Trinajstić information content (AvgIpc) is 3.20. The topological polar surface area (TPSA) is 88.0 Å². The molecule has 0 bridgehead atoms. The molecule has 2 heterocycles. The summed E-state index contributed by atoms with van der Waals surface area (Å²) in [5.74, 6) is 1.15. The number of nitrogens with zero attached hydrogens (tertiary/aromatic N) is 2. The Bertz CT molecular complexity index is 830. The van der Waals surface area contributed by atoms with Crippen molar-refractivity contribution in [3.05, 3.63) is 54.0 Å². The number of hydrogen-bond donors (Lipinski definition) is 3. The first-order valence-corrected chi connectivity index (χ1v) is 10.2. The van der Waals surface area contributed by atoms with Crippen LogP contribution >= 0.6 is 24.0 Å².